The van der Waals surface area contributed by atoms with Gasteiger partial charge in [-0.15, -0.1) is 0 Å². The number of aryl methyl sites for hydroxylation is 1. The molecular formula is C12H13F2N3O2S. The third-order valence-electron chi connectivity index (χ3n) is 2.83. The molecule has 1 heterocycles. The summed E-state index contributed by atoms with van der Waals surface area (Å²) in [6.07, 6.45) is 1.59. The van der Waals surface area contributed by atoms with Gasteiger partial charge in [-0.2, -0.15) is 13.9 Å². The lowest BCUT2D eigenvalue weighted by molar-refractivity contribution is 0.235. The number of hydrogen-bond donors (Lipinski definition) is 2. The summed E-state index contributed by atoms with van der Waals surface area (Å²) in [5.41, 5.74) is 1.80. The molecule has 0 aliphatic carbocycles. The fraction of sp³-hybridized carbons (Fsp3) is 0.250. The van der Waals surface area contributed by atoms with Gasteiger partial charge in [-0.25, -0.2) is 8.42 Å². The lowest BCUT2D eigenvalue weighted by atomic mass is 10.2. The van der Waals surface area contributed by atoms with Crippen molar-refractivity contribution in [3.05, 3.63) is 41.7 Å². The van der Waals surface area contributed by atoms with Crippen LogP contribution in [-0.4, -0.2) is 24.4 Å². The highest BCUT2D eigenvalue weighted by Gasteiger charge is 2.28. The van der Waals surface area contributed by atoms with Crippen molar-refractivity contribution in [3.63, 3.8) is 0 Å². The van der Waals surface area contributed by atoms with Crippen molar-refractivity contribution in [2.45, 2.75) is 24.1 Å². The first-order chi connectivity index (χ1) is 9.43. The molecule has 0 bridgehead atoms. The molecule has 0 radical (unpaired) electrons. The van der Waals surface area contributed by atoms with Crippen molar-refractivity contribution < 1.29 is 17.2 Å². The summed E-state index contributed by atoms with van der Waals surface area (Å²) in [5.74, 6) is -3.44. The maximum Gasteiger partial charge on any atom is 0.341 e. The number of nitrogens with one attached hydrogen (secondary N) is 2. The Labute approximate surface area is 114 Å². The van der Waals surface area contributed by atoms with Crippen LogP contribution in [0.4, 0.5) is 14.5 Å². The zero-order valence-electron chi connectivity index (χ0n) is 10.6. The molecule has 1 aromatic heterocycles. The zero-order valence-corrected chi connectivity index (χ0v) is 11.4. The molecule has 0 aliphatic heterocycles. The number of H-pyrrole nitrogens is 1. The Hall–Kier alpha value is -1.96. The number of alkyl halides is 2. The van der Waals surface area contributed by atoms with E-state index in [0.717, 1.165) is 17.3 Å². The summed E-state index contributed by atoms with van der Waals surface area (Å²) < 4.78 is 48.4. The van der Waals surface area contributed by atoms with E-state index in [2.05, 4.69) is 15.5 Å². The third kappa shape index (κ3) is 2.79. The maximum absolute atomic E-state index is 12.6. The lowest BCUT2D eigenvalue weighted by Crippen LogP contribution is -2.14. The van der Waals surface area contributed by atoms with E-state index >= 15 is 0 Å². The minimum absolute atomic E-state index is 0.147. The Balaban J connectivity index is 2.28. The summed E-state index contributed by atoms with van der Waals surface area (Å²) in [5, 5.41) is 9.41. The molecule has 2 rings (SSSR count). The van der Waals surface area contributed by atoms with Crippen molar-refractivity contribution in [2.75, 3.05) is 5.32 Å². The molecule has 8 heteroatoms. The molecule has 0 atom stereocenters. The molecule has 1 aromatic carbocycles. The number of sulfone groups is 1. The van der Waals surface area contributed by atoms with Gasteiger partial charge >= 0.3 is 5.76 Å². The summed E-state index contributed by atoms with van der Waals surface area (Å²) in [6, 6.07) is 5.59. The van der Waals surface area contributed by atoms with Gasteiger partial charge in [0, 0.05) is 17.8 Å². The number of anilines is 1. The molecule has 0 spiro atoms. The van der Waals surface area contributed by atoms with E-state index in [9.17, 15) is 17.2 Å². The monoisotopic (exact) mass is 301 g/mol. The van der Waals surface area contributed by atoms with Gasteiger partial charge in [-0.05, 0) is 19.1 Å². The normalized spacial score (nSPS) is 11.8. The topological polar surface area (TPSA) is 74.8 Å². The average Bonchev–Trinajstić information content (AvgIpc) is 2.82. The molecule has 0 saturated carbocycles. The SMILES string of the molecule is Cc1[nH]ncc1CNc1ccccc1S(=O)(=O)C(F)F. The van der Waals surface area contributed by atoms with Gasteiger partial charge in [0.25, 0.3) is 0 Å². The van der Waals surface area contributed by atoms with Crippen LogP contribution in [0.1, 0.15) is 11.3 Å². The summed E-state index contributed by atoms with van der Waals surface area (Å²) >= 11 is 0. The largest absolute Gasteiger partial charge is 0.380 e. The Morgan fingerprint density at radius 2 is 2.05 bits per heavy atom. The molecule has 0 fully saturated rings. The summed E-state index contributed by atoms with van der Waals surface area (Å²) in [4.78, 5) is -0.406. The van der Waals surface area contributed by atoms with Crippen molar-refractivity contribution in [1.82, 2.24) is 10.2 Å². The number of hydrogen-bond acceptors (Lipinski definition) is 4. The van der Waals surface area contributed by atoms with Crippen LogP contribution in [0.15, 0.2) is 35.4 Å². The van der Waals surface area contributed by atoms with Crippen molar-refractivity contribution in [1.29, 1.82) is 0 Å². The van der Waals surface area contributed by atoms with E-state index in [4.69, 9.17) is 0 Å². The molecule has 0 amide bonds. The standard InChI is InChI=1S/C12H13F2N3O2S/c1-8-9(7-16-17-8)6-15-10-4-2-3-5-11(10)20(18,19)12(13)14/h2-5,7,12,15H,6H2,1H3,(H,16,17). The van der Waals surface area contributed by atoms with Gasteiger partial charge in [0.05, 0.1) is 16.8 Å². The second-order valence-corrected chi connectivity index (χ2v) is 6.06. The fourth-order valence-electron chi connectivity index (χ4n) is 1.70. The molecule has 108 valence electrons. The summed E-state index contributed by atoms with van der Waals surface area (Å²) in [7, 11) is -4.63. The van der Waals surface area contributed by atoms with Crippen LogP contribution >= 0.6 is 0 Å². The number of nitrogens with zero attached hydrogens (tertiary/aromatic N) is 1. The summed E-state index contributed by atoms with van der Waals surface area (Å²) in [6.45, 7) is 2.10. The number of aromatic amines is 1. The van der Waals surface area contributed by atoms with E-state index < -0.39 is 20.5 Å². The van der Waals surface area contributed by atoms with Crippen molar-refractivity contribution in [3.8, 4) is 0 Å². The van der Waals surface area contributed by atoms with Gasteiger partial charge in [-0.1, -0.05) is 12.1 Å². The number of rotatable bonds is 5. The molecule has 0 aliphatic rings. The van der Waals surface area contributed by atoms with Crippen LogP contribution in [0, 0.1) is 6.92 Å². The molecular weight excluding hydrogens is 288 g/mol. The fourth-order valence-corrected chi connectivity index (χ4v) is 2.61. The second kappa shape index (κ2) is 5.58. The van der Waals surface area contributed by atoms with Crippen LogP contribution < -0.4 is 5.32 Å². The highest BCUT2D eigenvalue weighted by Crippen LogP contribution is 2.26. The quantitative estimate of drug-likeness (QED) is 0.889. The van der Waals surface area contributed by atoms with Crippen LogP contribution in [0.25, 0.3) is 0 Å². The second-order valence-electron chi connectivity index (χ2n) is 4.18. The van der Waals surface area contributed by atoms with Gasteiger partial charge in [0.1, 0.15) is 0 Å². The number of halogens is 2. The minimum Gasteiger partial charge on any atom is -0.380 e. The van der Waals surface area contributed by atoms with E-state index in [-0.39, 0.29) is 12.2 Å². The molecule has 20 heavy (non-hydrogen) atoms. The molecule has 0 unspecified atom stereocenters. The Morgan fingerprint density at radius 3 is 2.65 bits per heavy atom. The maximum atomic E-state index is 12.6. The van der Waals surface area contributed by atoms with Gasteiger partial charge in [-0.3, -0.25) is 5.10 Å². The third-order valence-corrected chi connectivity index (χ3v) is 4.27. The van der Waals surface area contributed by atoms with Crippen LogP contribution in [0.3, 0.4) is 0 Å². The Kier molecular flexibility index (Phi) is 4.03. The van der Waals surface area contributed by atoms with Crippen LogP contribution in [-0.2, 0) is 16.4 Å². The first-order valence-corrected chi connectivity index (χ1v) is 7.31. The lowest BCUT2D eigenvalue weighted by Gasteiger charge is -2.11. The van der Waals surface area contributed by atoms with Gasteiger partial charge in [0.2, 0.25) is 9.84 Å². The number of para-hydroxylation sites is 1. The highest BCUT2D eigenvalue weighted by molar-refractivity contribution is 7.91. The number of aromatic nitrogens is 2. The Morgan fingerprint density at radius 1 is 1.35 bits per heavy atom. The van der Waals surface area contributed by atoms with Crippen molar-refractivity contribution in [2.24, 2.45) is 0 Å². The first-order valence-electron chi connectivity index (χ1n) is 5.76. The molecule has 0 saturated heterocycles. The molecule has 2 aromatic rings. The van der Waals surface area contributed by atoms with Crippen LogP contribution in [0.5, 0.6) is 0 Å². The first kappa shape index (κ1) is 14.4. The smallest absolute Gasteiger partial charge is 0.341 e. The molecule has 2 N–H and O–H groups in total. The highest BCUT2D eigenvalue weighted by atomic mass is 32.2. The Bertz CT molecular complexity index is 698. The zero-order chi connectivity index (χ0) is 14.8. The van der Waals surface area contributed by atoms with E-state index in [0.29, 0.717) is 0 Å². The molecule has 5 nitrogen and oxygen atoms in total. The number of benzene rings is 1. The van der Waals surface area contributed by atoms with Crippen molar-refractivity contribution >= 4 is 15.5 Å². The van der Waals surface area contributed by atoms with E-state index in [1.165, 1.54) is 12.1 Å². The van der Waals surface area contributed by atoms with Crippen LogP contribution in [0.2, 0.25) is 0 Å². The predicted octanol–water partition coefficient (Wildman–Crippen LogP) is 2.33. The van der Waals surface area contributed by atoms with Gasteiger partial charge < -0.3 is 5.32 Å². The average molecular weight is 301 g/mol. The predicted molar refractivity (Wildman–Crippen MR) is 70.3 cm³/mol. The van der Waals surface area contributed by atoms with Gasteiger partial charge in [0.15, 0.2) is 0 Å². The van der Waals surface area contributed by atoms with E-state index in [1.807, 2.05) is 6.92 Å². The van der Waals surface area contributed by atoms with E-state index in [1.54, 1.807) is 12.3 Å². The minimum atomic E-state index is -4.63.